The molecule has 0 aromatic rings. The molecule has 6 heteroatoms. The first-order valence-electron chi connectivity index (χ1n) is 6.08. The number of sulfone groups is 1. The summed E-state index contributed by atoms with van der Waals surface area (Å²) in [5, 5.41) is 12.5. The fourth-order valence-electron chi connectivity index (χ4n) is 2.39. The van der Waals surface area contributed by atoms with Gasteiger partial charge in [0.2, 0.25) is 5.91 Å². The average Bonchev–Trinajstić information content (AvgIpc) is 2.52. The van der Waals surface area contributed by atoms with Gasteiger partial charge in [0.1, 0.15) is 0 Å². The SMILES string of the molecule is O=C(CC1CCS(=O)(=O)C1)NCC1(O)CCC1. The Bertz CT molecular complexity index is 400. The Labute approximate surface area is 102 Å². The van der Waals surface area contributed by atoms with Gasteiger partial charge in [0.15, 0.2) is 9.84 Å². The fourth-order valence-corrected chi connectivity index (χ4v) is 4.25. The second kappa shape index (κ2) is 4.57. The van der Waals surface area contributed by atoms with Crippen LogP contribution in [0.2, 0.25) is 0 Å². The lowest BCUT2D eigenvalue weighted by atomic mass is 9.80. The lowest BCUT2D eigenvalue weighted by Crippen LogP contribution is -2.48. The molecule has 0 aromatic carbocycles. The Balaban J connectivity index is 1.71. The average molecular weight is 261 g/mol. The van der Waals surface area contributed by atoms with Gasteiger partial charge in [-0.15, -0.1) is 0 Å². The quantitative estimate of drug-likeness (QED) is 0.736. The third-order valence-corrected chi connectivity index (χ3v) is 5.54. The molecule has 1 unspecified atom stereocenters. The summed E-state index contributed by atoms with van der Waals surface area (Å²) in [5.74, 6) is 0.142. The largest absolute Gasteiger partial charge is 0.388 e. The highest BCUT2D eigenvalue weighted by Crippen LogP contribution is 2.30. The summed E-state index contributed by atoms with van der Waals surface area (Å²) < 4.78 is 22.4. The first-order chi connectivity index (χ1) is 7.89. The van der Waals surface area contributed by atoms with Crippen LogP contribution in [0.15, 0.2) is 0 Å². The van der Waals surface area contributed by atoms with Crippen molar-refractivity contribution >= 4 is 15.7 Å². The molecule has 1 atom stereocenters. The van der Waals surface area contributed by atoms with Crippen molar-refractivity contribution in [3.63, 3.8) is 0 Å². The van der Waals surface area contributed by atoms with Crippen LogP contribution < -0.4 is 5.32 Å². The lowest BCUT2D eigenvalue weighted by Gasteiger charge is -2.36. The van der Waals surface area contributed by atoms with Crippen molar-refractivity contribution in [2.45, 2.75) is 37.7 Å². The Morgan fingerprint density at radius 3 is 2.59 bits per heavy atom. The van der Waals surface area contributed by atoms with E-state index in [-0.39, 0.29) is 29.8 Å². The van der Waals surface area contributed by atoms with Gasteiger partial charge < -0.3 is 10.4 Å². The molecule has 2 N–H and O–H groups in total. The van der Waals surface area contributed by atoms with Crippen LogP contribution in [-0.4, -0.2) is 43.1 Å². The molecule has 1 aliphatic heterocycles. The van der Waals surface area contributed by atoms with Crippen LogP contribution in [-0.2, 0) is 14.6 Å². The van der Waals surface area contributed by atoms with Crippen molar-refractivity contribution in [2.75, 3.05) is 18.1 Å². The zero-order valence-electron chi connectivity index (χ0n) is 9.81. The van der Waals surface area contributed by atoms with Crippen LogP contribution in [0.25, 0.3) is 0 Å². The van der Waals surface area contributed by atoms with Crippen molar-refractivity contribution in [1.82, 2.24) is 5.32 Å². The summed E-state index contributed by atoms with van der Waals surface area (Å²) in [4.78, 5) is 11.6. The predicted octanol–water partition coefficient (Wildman–Crippen LogP) is -0.158. The molecule has 0 radical (unpaired) electrons. The molecule has 1 saturated heterocycles. The zero-order valence-corrected chi connectivity index (χ0v) is 10.6. The summed E-state index contributed by atoms with van der Waals surface area (Å²) in [6.45, 7) is 0.297. The Morgan fingerprint density at radius 1 is 1.41 bits per heavy atom. The van der Waals surface area contributed by atoms with Crippen LogP contribution in [0.5, 0.6) is 0 Å². The third-order valence-electron chi connectivity index (χ3n) is 3.70. The maximum absolute atomic E-state index is 11.6. The van der Waals surface area contributed by atoms with Crippen molar-refractivity contribution in [3.05, 3.63) is 0 Å². The van der Waals surface area contributed by atoms with E-state index in [4.69, 9.17) is 0 Å². The molecule has 1 heterocycles. The van der Waals surface area contributed by atoms with Gasteiger partial charge in [-0.2, -0.15) is 0 Å². The predicted molar refractivity (Wildman–Crippen MR) is 63.2 cm³/mol. The Hall–Kier alpha value is -0.620. The van der Waals surface area contributed by atoms with E-state index in [1.807, 2.05) is 0 Å². The summed E-state index contributed by atoms with van der Waals surface area (Å²) in [6, 6.07) is 0. The molecule has 0 bridgehead atoms. The molecule has 2 fully saturated rings. The Kier molecular flexibility index (Phi) is 3.45. The molecular formula is C11H19NO4S. The smallest absolute Gasteiger partial charge is 0.220 e. The highest BCUT2D eigenvalue weighted by molar-refractivity contribution is 7.91. The second-order valence-electron chi connectivity index (χ2n) is 5.33. The molecule has 1 saturated carbocycles. The minimum absolute atomic E-state index is 0.0453. The maximum Gasteiger partial charge on any atom is 0.220 e. The van der Waals surface area contributed by atoms with Crippen LogP contribution in [0.3, 0.4) is 0 Å². The van der Waals surface area contributed by atoms with Gasteiger partial charge in [0, 0.05) is 13.0 Å². The van der Waals surface area contributed by atoms with E-state index in [1.165, 1.54) is 0 Å². The molecule has 2 rings (SSSR count). The topological polar surface area (TPSA) is 83.5 Å². The van der Waals surface area contributed by atoms with E-state index in [2.05, 4.69) is 5.32 Å². The molecule has 98 valence electrons. The standard InChI is InChI=1S/C11H19NO4S/c13-10(12-8-11(14)3-1-4-11)6-9-2-5-17(15,16)7-9/h9,14H,1-8H2,(H,12,13). The molecule has 0 aromatic heterocycles. The van der Waals surface area contributed by atoms with E-state index in [0.717, 1.165) is 19.3 Å². The number of carbonyl (C=O) groups is 1. The fraction of sp³-hybridized carbons (Fsp3) is 0.909. The summed E-state index contributed by atoms with van der Waals surface area (Å²) in [5.41, 5.74) is -0.711. The maximum atomic E-state index is 11.6. The van der Waals surface area contributed by atoms with Crippen LogP contribution in [0.4, 0.5) is 0 Å². The molecule has 17 heavy (non-hydrogen) atoms. The van der Waals surface area contributed by atoms with E-state index in [1.54, 1.807) is 0 Å². The van der Waals surface area contributed by atoms with Crippen molar-refractivity contribution in [3.8, 4) is 0 Å². The molecular weight excluding hydrogens is 242 g/mol. The van der Waals surface area contributed by atoms with Crippen LogP contribution >= 0.6 is 0 Å². The highest BCUT2D eigenvalue weighted by Gasteiger charge is 2.35. The van der Waals surface area contributed by atoms with Gasteiger partial charge in [0.05, 0.1) is 17.1 Å². The number of hydrogen-bond acceptors (Lipinski definition) is 4. The summed E-state index contributed by atoms with van der Waals surface area (Å²) in [6.07, 6.45) is 3.33. The van der Waals surface area contributed by atoms with Crippen LogP contribution in [0.1, 0.15) is 32.1 Å². The van der Waals surface area contributed by atoms with E-state index in [0.29, 0.717) is 13.0 Å². The first kappa shape index (κ1) is 12.8. The highest BCUT2D eigenvalue weighted by atomic mass is 32.2. The minimum Gasteiger partial charge on any atom is -0.388 e. The lowest BCUT2D eigenvalue weighted by molar-refractivity contribution is -0.124. The molecule has 1 amide bonds. The van der Waals surface area contributed by atoms with E-state index < -0.39 is 15.4 Å². The number of rotatable bonds is 4. The van der Waals surface area contributed by atoms with Gasteiger partial charge in [-0.1, -0.05) is 0 Å². The Morgan fingerprint density at radius 2 is 2.12 bits per heavy atom. The number of hydrogen-bond donors (Lipinski definition) is 2. The molecule has 1 aliphatic carbocycles. The normalized spacial score (nSPS) is 29.6. The molecule has 2 aliphatic rings. The second-order valence-corrected chi connectivity index (χ2v) is 7.56. The number of aliphatic hydroxyl groups is 1. The van der Waals surface area contributed by atoms with E-state index in [9.17, 15) is 18.3 Å². The third kappa shape index (κ3) is 3.42. The first-order valence-corrected chi connectivity index (χ1v) is 7.90. The zero-order chi connectivity index (χ0) is 12.5. The number of carbonyl (C=O) groups excluding carboxylic acids is 1. The monoisotopic (exact) mass is 261 g/mol. The van der Waals surface area contributed by atoms with Crippen LogP contribution in [0, 0.1) is 5.92 Å². The number of amides is 1. The minimum atomic E-state index is -2.91. The summed E-state index contributed by atoms with van der Waals surface area (Å²) >= 11 is 0. The van der Waals surface area contributed by atoms with Gasteiger partial charge >= 0.3 is 0 Å². The van der Waals surface area contributed by atoms with Crippen molar-refractivity contribution in [2.24, 2.45) is 5.92 Å². The van der Waals surface area contributed by atoms with E-state index >= 15 is 0 Å². The number of nitrogens with one attached hydrogen (secondary N) is 1. The summed E-state index contributed by atoms with van der Waals surface area (Å²) in [7, 11) is -2.91. The van der Waals surface area contributed by atoms with Gasteiger partial charge in [-0.05, 0) is 31.6 Å². The van der Waals surface area contributed by atoms with Gasteiger partial charge in [0.25, 0.3) is 0 Å². The van der Waals surface area contributed by atoms with Gasteiger partial charge in [-0.25, -0.2) is 8.42 Å². The molecule has 5 nitrogen and oxygen atoms in total. The molecule has 0 spiro atoms. The van der Waals surface area contributed by atoms with Gasteiger partial charge in [-0.3, -0.25) is 4.79 Å². The van der Waals surface area contributed by atoms with Crippen molar-refractivity contribution in [1.29, 1.82) is 0 Å². The van der Waals surface area contributed by atoms with Crippen molar-refractivity contribution < 1.29 is 18.3 Å².